The molecule has 3 aromatic rings. The summed E-state index contributed by atoms with van der Waals surface area (Å²) in [5, 5.41) is 0. The van der Waals surface area contributed by atoms with Gasteiger partial charge in [0.25, 0.3) is 0 Å². The van der Waals surface area contributed by atoms with Crippen LogP contribution in [0.5, 0.6) is 5.75 Å². The highest BCUT2D eigenvalue weighted by Crippen LogP contribution is 2.21. The molecule has 112 valence electrons. The number of rotatable bonds is 4. The zero-order valence-electron chi connectivity index (χ0n) is 11.9. The van der Waals surface area contributed by atoms with Crippen LogP contribution in [0.3, 0.4) is 0 Å². The molecular formula is C15H14N4O2S. The van der Waals surface area contributed by atoms with Gasteiger partial charge >= 0.3 is 0 Å². The molecule has 0 aliphatic carbocycles. The van der Waals surface area contributed by atoms with Gasteiger partial charge in [0.15, 0.2) is 5.82 Å². The van der Waals surface area contributed by atoms with E-state index in [2.05, 4.69) is 15.0 Å². The van der Waals surface area contributed by atoms with E-state index in [0.717, 1.165) is 16.8 Å². The quantitative estimate of drug-likeness (QED) is 0.565. The summed E-state index contributed by atoms with van der Waals surface area (Å²) in [6, 6.07) is 9.03. The maximum Gasteiger partial charge on any atom is 0.152 e. The van der Waals surface area contributed by atoms with Gasteiger partial charge in [-0.15, -0.1) is 0 Å². The van der Waals surface area contributed by atoms with E-state index in [1.54, 1.807) is 18.3 Å². The fourth-order valence-corrected chi connectivity index (χ4v) is 2.61. The van der Waals surface area contributed by atoms with Gasteiger partial charge in [-0.05, 0) is 31.2 Å². The predicted molar refractivity (Wildman–Crippen MR) is 87.3 cm³/mol. The summed E-state index contributed by atoms with van der Waals surface area (Å²) in [6.07, 6.45) is 1.58. The number of nitrogen functional groups attached to an aromatic ring is 1. The molecule has 0 aliphatic heterocycles. The Morgan fingerprint density at radius 2 is 2.27 bits per heavy atom. The molecule has 0 radical (unpaired) electrons. The topological polar surface area (TPSA) is 93.9 Å². The van der Waals surface area contributed by atoms with Crippen molar-refractivity contribution >= 4 is 33.0 Å². The van der Waals surface area contributed by atoms with Gasteiger partial charge in [0.2, 0.25) is 0 Å². The fraction of sp³-hybridized carbons (Fsp3) is 0.133. The Kier molecular flexibility index (Phi) is 3.88. The number of ether oxygens (including phenoxy) is 1. The van der Waals surface area contributed by atoms with Crippen LogP contribution < -0.4 is 10.5 Å². The van der Waals surface area contributed by atoms with Gasteiger partial charge in [-0.25, -0.2) is 14.2 Å². The SMILES string of the molecule is CCOc1ccc2nc(C(=S=O)c3cccnc3N)[nH]c2c1. The second-order valence-corrected chi connectivity index (χ2v) is 5.12. The van der Waals surface area contributed by atoms with Crippen molar-refractivity contribution in [1.82, 2.24) is 15.0 Å². The van der Waals surface area contributed by atoms with Crippen LogP contribution in [0.25, 0.3) is 11.0 Å². The number of hydrogen-bond donors (Lipinski definition) is 2. The standard InChI is InChI=1S/C15H14N4O2S/c1-2-21-9-5-6-11-12(8-9)19-15(18-11)13(22-20)10-4-3-7-17-14(10)16/h3-8H,2H2,1H3,(H2,16,17)(H,18,19). The van der Waals surface area contributed by atoms with Gasteiger partial charge < -0.3 is 15.5 Å². The smallest absolute Gasteiger partial charge is 0.152 e. The van der Waals surface area contributed by atoms with Crippen molar-refractivity contribution in [3.8, 4) is 5.75 Å². The first-order chi connectivity index (χ1) is 10.7. The van der Waals surface area contributed by atoms with Gasteiger partial charge in [0.05, 0.1) is 17.6 Å². The average Bonchev–Trinajstić information content (AvgIpc) is 2.93. The molecule has 0 saturated heterocycles. The van der Waals surface area contributed by atoms with Crippen molar-refractivity contribution in [3.05, 3.63) is 47.9 Å². The Morgan fingerprint density at radius 3 is 3.00 bits per heavy atom. The zero-order valence-corrected chi connectivity index (χ0v) is 12.7. The summed E-state index contributed by atoms with van der Waals surface area (Å²) in [6.45, 7) is 2.51. The normalized spacial score (nSPS) is 10.6. The third-order valence-corrected chi connectivity index (χ3v) is 3.73. The van der Waals surface area contributed by atoms with Gasteiger partial charge in [-0.3, -0.25) is 0 Å². The number of benzene rings is 1. The van der Waals surface area contributed by atoms with Gasteiger partial charge in [0, 0.05) is 17.8 Å². The maximum atomic E-state index is 11.5. The van der Waals surface area contributed by atoms with E-state index in [0.29, 0.717) is 39.9 Å². The van der Waals surface area contributed by atoms with E-state index >= 15 is 0 Å². The van der Waals surface area contributed by atoms with Crippen molar-refractivity contribution in [1.29, 1.82) is 0 Å². The zero-order chi connectivity index (χ0) is 15.5. The molecule has 0 amide bonds. The number of anilines is 1. The first kappa shape index (κ1) is 14.3. The van der Waals surface area contributed by atoms with Crippen LogP contribution in [0, 0.1) is 0 Å². The number of aromatic amines is 1. The Bertz CT molecular complexity index is 884. The van der Waals surface area contributed by atoms with E-state index in [1.165, 1.54) is 0 Å². The van der Waals surface area contributed by atoms with Crippen LogP contribution >= 0.6 is 0 Å². The maximum absolute atomic E-state index is 11.5. The van der Waals surface area contributed by atoms with Crippen LogP contribution in [0.2, 0.25) is 0 Å². The molecule has 22 heavy (non-hydrogen) atoms. The lowest BCUT2D eigenvalue weighted by atomic mass is 10.2. The van der Waals surface area contributed by atoms with Crippen LogP contribution in [-0.4, -0.2) is 30.6 Å². The first-order valence-corrected chi connectivity index (χ1v) is 7.47. The summed E-state index contributed by atoms with van der Waals surface area (Å²) in [5.41, 5.74) is 7.98. The highest BCUT2D eigenvalue weighted by Gasteiger charge is 2.15. The number of fused-ring (bicyclic) bond motifs is 1. The van der Waals surface area contributed by atoms with Gasteiger partial charge in [-0.1, -0.05) is 0 Å². The molecule has 7 heteroatoms. The number of nitrogens with one attached hydrogen (secondary N) is 1. The predicted octanol–water partition coefficient (Wildman–Crippen LogP) is 1.72. The number of aromatic nitrogens is 3. The summed E-state index contributed by atoms with van der Waals surface area (Å²) in [5.74, 6) is 1.53. The molecule has 2 heterocycles. The molecule has 0 atom stereocenters. The lowest BCUT2D eigenvalue weighted by molar-refractivity contribution is 0.340. The van der Waals surface area contributed by atoms with Gasteiger partial charge in [-0.2, -0.15) is 0 Å². The van der Waals surface area contributed by atoms with Crippen LogP contribution in [0.15, 0.2) is 36.5 Å². The number of H-pyrrole nitrogens is 1. The number of hydrogen-bond acceptors (Lipinski definition) is 5. The highest BCUT2D eigenvalue weighted by molar-refractivity contribution is 7.67. The number of nitrogens with zero attached hydrogens (tertiary/aromatic N) is 2. The van der Waals surface area contributed by atoms with Crippen LogP contribution in [0.1, 0.15) is 18.3 Å². The van der Waals surface area contributed by atoms with Crippen molar-refractivity contribution in [2.45, 2.75) is 6.92 Å². The fourth-order valence-electron chi connectivity index (χ4n) is 2.17. The first-order valence-electron chi connectivity index (χ1n) is 6.73. The molecule has 0 saturated carbocycles. The molecule has 0 aliphatic rings. The lowest BCUT2D eigenvalue weighted by Gasteiger charge is -2.02. The molecule has 6 nitrogen and oxygen atoms in total. The van der Waals surface area contributed by atoms with Gasteiger partial charge in [0.1, 0.15) is 27.7 Å². The molecule has 0 fully saturated rings. The molecule has 0 bridgehead atoms. The summed E-state index contributed by atoms with van der Waals surface area (Å²) >= 11 is 0.342. The minimum absolute atomic E-state index is 0.302. The van der Waals surface area contributed by atoms with E-state index < -0.39 is 0 Å². The average molecular weight is 314 g/mol. The molecule has 0 spiro atoms. The largest absolute Gasteiger partial charge is 0.494 e. The number of nitrogens with two attached hydrogens (primary N) is 1. The van der Waals surface area contributed by atoms with Crippen molar-refractivity contribution in [3.63, 3.8) is 0 Å². The molecule has 3 N–H and O–H groups in total. The van der Waals surface area contributed by atoms with Crippen molar-refractivity contribution in [2.24, 2.45) is 0 Å². The summed E-state index contributed by atoms with van der Waals surface area (Å²) in [4.78, 5) is 12.0. The van der Waals surface area contributed by atoms with Crippen molar-refractivity contribution in [2.75, 3.05) is 12.3 Å². The monoisotopic (exact) mass is 314 g/mol. The molecule has 0 unspecified atom stereocenters. The third kappa shape index (κ3) is 2.58. The van der Waals surface area contributed by atoms with E-state index in [1.807, 2.05) is 25.1 Å². The Balaban J connectivity index is 2.09. The number of pyridine rings is 1. The Labute approximate surface area is 130 Å². The molecule has 1 aromatic carbocycles. The van der Waals surface area contributed by atoms with E-state index in [-0.39, 0.29) is 0 Å². The van der Waals surface area contributed by atoms with Crippen molar-refractivity contribution < 1.29 is 8.95 Å². The minimum Gasteiger partial charge on any atom is -0.494 e. The molecule has 2 aromatic heterocycles. The Morgan fingerprint density at radius 1 is 1.41 bits per heavy atom. The lowest BCUT2D eigenvalue weighted by Crippen LogP contribution is -2.09. The van der Waals surface area contributed by atoms with Crippen LogP contribution in [0.4, 0.5) is 5.82 Å². The van der Waals surface area contributed by atoms with E-state index in [4.69, 9.17) is 10.5 Å². The van der Waals surface area contributed by atoms with Crippen LogP contribution in [-0.2, 0) is 11.3 Å². The summed E-state index contributed by atoms with van der Waals surface area (Å²) < 4.78 is 17.0. The third-order valence-electron chi connectivity index (χ3n) is 3.15. The van der Waals surface area contributed by atoms with E-state index in [9.17, 15) is 4.21 Å². The number of imidazole rings is 1. The second kappa shape index (κ2) is 5.98. The second-order valence-electron chi connectivity index (χ2n) is 4.55. The Hall–Kier alpha value is -2.67. The summed E-state index contributed by atoms with van der Waals surface area (Å²) in [7, 11) is 0. The molecular weight excluding hydrogens is 300 g/mol. The molecule has 3 rings (SSSR count). The highest BCUT2D eigenvalue weighted by atomic mass is 32.1. The minimum atomic E-state index is 0.302.